The maximum Gasteiger partial charge on any atom is 0.208 e. The standard InChI is InChI=1S/C14H25N3O/c1-4-17-7-5-13(6-8-17)9-15-10-14-16-11(2)12(3)18-14/h13,15H,4-10H2,1-3H3. The second-order valence-electron chi connectivity index (χ2n) is 5.26. The average molecular weight is 251 g/mol. The molecule has 0 bridgehead atoms. The number of likely N-dealkylation sites (tertiary alicyclic amines) is 1. The van der Waals surface area contributed by atoms with Crippen molar-refractivity contribution in [2.45, 2.75) is 40.2 Å². The van der Waals surface area contributed by atoms with Crippen molar-refractivity contribution in [2.75, 3.05) is 26.2 Å². The summed E-state index contributed by atoms with van der Waals surface area (Å²) in [6.07, 6.45) is 2.62. The van der Waals surface area contributed by atoms with Crippen molar-refractivity contribution >= 4 is 0 Å². The van der Waals surface area contributed by atoms with Gasteiger partial charge in [-0.3, -0.25) is 0 Å². The maximum absolute atomic E-state index is 5.56. The van der Waals surface area contributed by atoms with Crippen LogP contribution >= 0.6 is 0 Å². The van der Waals surface area contributed by atoms with Gasteiger partial charge in [-0.25, -0.2) is 4.98 Å². The second-order valence-corrected chi connectivity index (χ2v) is 5.26. The molecule has 1 aliphatic rings. The van der Waals surface area contributed by atoms with E-state index < -0.39 is 0 Å². The Balaban J connectivity index is 1.67. The number of aromatic nitrogens is 1. The molecule has 2 heterocycles. The molecule has 1 saturated heterocycles. The summed E-state index contributed by atoms with van der Waals surface area (Å²) in [5.74, 6) is 2.56. The Morgan fingerprint density at radius 3 is 2.61 bits per heavy atom. The van der Waals surface area contributed by atoms with E-state index in [4.69, 9.17) is 4.42 Å². The summed E-state index contributed by atoms with van der Waals surface area (Å²) >= 11 is 0. The lowest BCUT2D eigenvalue weighted by molar-refractivity contribution is 0.189. The van der Waals surface area contributed by atoms with Crippen molar-refractivity contribution in [3.63, 3.8) is 0 Å². The van der Waals surface area contributed by atoms with Crippen LogP contribution in [0.2, 0.25) is 0 Å². The van der Waals surface area contributed by atoms with Crippen molar-refractivity contribution in [1.29, 1.82) is 0 Å². The van der Waals surface area contributed by atoms with Gasteiger partial charge in [-0.05, 0) is 58.8 Å². The molecule has 0 saturated carbocycles. The summed E-state index contributed by atoms with van der Waals surface area (Å²) < 4.78 is 5.56. The van der Waals surface area contributed by atoms with Gasteiger partial charge in [0.05, 0.1) is 12.2 Å². The number of rotatable bonds is 5. The highest BCUT2D eigenvalue weighted by molar-refractivity contribution is 5.05. The topological polar surface area (TPSA) is 41.3 Å². The Labute approximate surface area is 110 Å². The molecule has 1 aromatic rings. The molecule has 4 nitrogen and oxygen atoms in total. The minimum atomic E-state index is 0.753. The molecule has 0 radical (unpaired) electrons. The highest BCUT2D eigenvalue weighted by Gasteiger charge is 2.17. The van der Waals surface area contributed by atoms with Gasteiger partial charge in [-0.1, -0.05) is 6.92 Å². The number of hydrogen-bond donors (Lipinski definition) is 1. The molecule has 0 spiro atoms. The third kappa shape index (κ3) is 3.56. The lowest BCUT2D eigenvalue weighted by atomic mass is 9.97. The van der Waals surface area contributed by atoms with Gasteiger partial charge in [0.2, 0.25) is 5.89 Å². The molecule has 18 heavy (non-hydrogen) atoms. The lowest BCUT2D eigenvalue weighted by Gasteiger charge is -2.31. The van der Waals surface area contributed by atoms with E-state index in [2.05, 4.69) is 22.1 Å². The molecule has 102 valence electrons. The first-order valence-corrected chi connectivity index (χ1v) is 7.05. The Bertz CT molecular complexity index is 348. The predicted molar refractivity (Wildman–Crippen MR) is 72.5 cm³/mol. The third-order valence-corrected chi connectivity index (χ3v) is 3.94. The number of piperidine rings is 1. The van der Waals surface area contributed by atoms with Crippen LogP contribution in [0.3, 0.4) is 0 Å². The third-order valence-electron chi connectivity index (χ3n) is 3.94. The molecule has 0 aliphatic carbocycles. The molecule has 2 rings (SSSR count). The van der Waals surface area contributed by atoms with Gasteiger partial charge in [0.15, 0.2) is 0 Å². The van der Waals surface area contributed by atoms with Crippen LogP contribution in [0.1, 0.15) is 37.1 Å². The summed E-state index contributed by atoms with van der Waals surface area (Å²) in [7, 11) is 0. The first kappa shape index (κ1) is 13.6. The Morgan fingerprint density at radius 2 is 2.06 bits per heavy atom. The normalized spacial score (nSPS) is 18.4. The molecular weight excluding hydrogens is 226 g/mol. The lowest BCUT2D eigenvalue weighted by Crippen LogP contribution is -2.36. The van der Waals surface area contributed by atoms with Gasteiger partial charge in [0, 0.05) is 0 Å². The monoisotopic (exact) mass is 251 g/mol. The first-order chi connectivity index (χ1) is 8.69. The van der Waals surface area contributed by atoms with Crippen LogP contribution in [0.4, 0.5) is 0 Å². The minimum Gasteiger partial charge on any atom is -0.444 e. The number of oxazole rings is 1. The Hall–Kier alpha value is -0.870. The second kappa shape index (κ2) is 6.34. The smallest absolute Gasteiger partial charge is 0.208 e. The van der Waals surface area contributed by atoms with Crippen molar-refractivity contribution in [3.8, 4) is 0 Å². The summed E-state index contributed by atoms with van der Waals surface area (Å²) in [6.45, 7) is 11.7. The van der Waals surface area contributed by atoms with Gasteiger partial charge >= 0.3 is 0 Å². The van der Waals surface area contributed by atoms with Gasteiger partial charge < -0.3 is 14.6 Å². The van der Waals surface area contributed by atoms with Gasteiger partial charge in [0.1, 0.15) is 5.76 Å². The first-order valence-electron chi connectivity index (χ1n) is 7.05. The molecule has 1 N–H and O–H groups in total. The fraction of sp³-hybridized carbons (Fsp3) is 0.786. The zero-order valence-corrected chi connectivity index (χ0v) is 11.8. The van der Waals surface area contributed by atoms with Crippen molar-refractivity contribution in [3.05, 3.63) is 17.3 Å². The van der Waals surface area contributed by atoms with Crippen LogP contribution in [-0.2, 0) is 6.54 Å². The molecule has 1 aromatic heterocycles. The van der Waals surface area contributed by atoms with Crippen molar-refractivity contribution in [2.24, 2.45) is 5.92 Å². The predicted octanol–water partition coefficient (Wildman–Crippen LogP) is 2.11. The van der Waals surface area contributed by atoms with E-state index in [9.17, 15) is 0 Å². The average Bonchev–Trinajstić information content (AvgIpc) is 2.69. The highest BCUT2D eigenvalue weighted by Crippen LogP contribution is 2.16. The van der Waals surface area contributed by atoms with Crippen LogP contribution in [0.5, 0.6) is 0 Å². The molecule has 0 unspecified atom stereocenters. The fourth-order valence-corrected chi connectivity index (χ4v) is 2.50. The summed E-state index contributed by atoms with van der Waals surface area (Å²) in [4.78, 5) is 6.91. The maximum atomic E-state index is 5.56. The SMILES string of the molecule is CCN1CCC(CNCc2nc(C)c(C)o2)CC1. The van der Waals surface area contributed by atoms with Crippen molar-refractivity contribution in [1.82, 2.24) is 15.2 Å². The summed E-state index contributed by atoms with van der Waals surface area (Å²) in [5, 5.41) is 3.47. The molecule has 0 aromatic carbocycles. The van der Waals surface area contributed by atoms with E-state index >= 15 is 0 Å². The Kier molecular flexibility index (Phi) is 4.78. The molecule has 1 fully saturated rings. The number of aryl methyl sites for hydroxylation is 2. The van der Waals surface area contributed by atoms with Crippen LogP contribution in [0.15, 0.2) is 4.42 Å². The number of nitrogens with zero attached hydrogens (tertiary/aromatic N) is 2. The van der Waals surface area contributed by atoms with E-state index in [1.807, 2.05) is 13.8 Å². The zero-order chi connectivity index (χ0) is 13.0. The van der Waals surface area contributed by atoms with E-state index in [0.29, 0.717) is 0 Å². The molecule has 4 heteroatoms. The van der Waals surface area contributed by atoms with Gasteiger partial charge in [-0.2, -0.15) is 0 Å². The van der Waals surface area contributed by atoms with E-state index in [-0.39, 0.29) is 0 Å². The van der Waals surface area contributed by atoms with Crippen LogP contribution < -0.4 is 5.32 Å². The van der Waals surface area contributed by atoms with Crippen LogP contribution in [0.25, 0.3) is 0 Å². The zero-order valence-electron chi connectivity index (χ0n) is 11.8. The number of nitrogens with one attached hydrogen (secondary N) is 1. The summed E-state index contributed by atoms with van der Waals surface area (Å²) in [5.41, 5.74) is 1.00. The molecule has 1 aliphatic heterocycles. The minimum absolute atomic E-state index is 0.753. The Morgan fingerprint density at radius 1 is 1.33 bits per heavy atom. The summed E-state index contributed by atoms with van der Waals surface area (Å²) in [6, 6.07) is 0. The van der Waals surface area contributed by atoms with E-state index in [1.165, 1.54) is 32.5 Å². The van der Waals surface area contributed by atoms with Gasteiger partial charge in [0.25, 0.3) is 0 Å². The van der Waals surface area contributed by atoms with Crippen LogP contribution in [0, 0.1) is 19.8 Å². The molecule has 0 atom stereocenters. The van der Waals surface area contributed by atoms with Crippen molar-refractivity contribution < 1.29 is 4.42 Å². The van der Waals surface area contributed by atoms with Crippen LogP contribution in [-0.4, -0.2) is 36.1 Å². The molecular formula is C14H25N3O. The fourth-order valence-electron chi connectivity index (χ4n) is 2.50. The quantitative estimate of drug-likeness (QED) is 0.870. The molecule has 0 amide bonds. The number of hydrogen-bond acceptors (Lipinski definition) is 4. The van der Waals surface area contributed by atoms with E-state index in [0.717, 1.165) is 36.4 Å². The van der Waals surface area contributed by atoms with E-state index in [1.54, 1.807) is 0 Å². The largest absolute Gasteiger partial charge is 0.444 e. The van der Waals surface area contributed by atoms with Gasteiger partial charge in [-0.15, -0.1) is 0 Å². The highest BCUT2D eigenvalue weighted by atomic mass is 16.4.